The molecule has 1 amide bonds. The fraction of sp³-hybridized carbons (Fsp3) is 0.333. The zero-order valence-electron chi connectivity index (χ0n) is 12.9. The first-order chi connectivity index (χ1) is 11.1. The molecular formula is C15H18FN3O3S. The lowest BCUT2D eigenvalue weighted by molar-refractivity contribution is -0.121. The van der Waals surface area contributed by atoms with Crippen LogP contribution in [0.1, 0.15) is 0 Å². The first-order valence-corrected chi connectivity index (χ1v) is 7.73. The standard InChI is InChI=1S/C15H18FN3O3S/c1-19-6-5-17-15(19)23-13-4-3-11(16)9-12(13)18-14(20)10-22-8-7-21-2/h3-6,9H,7-8,10H2,1-2H3,(H,18,20). The number of carbonyl (C=O) groups excluding carboxylic acids is 1. The number of anilines is 1. The van der Waals surface area contributed by atoms with Crippen LogP contribution in [-0.2, 0) is 21.3 Å². The predicted molar refractivity (Wildman–Crippen MR) is 85.1 cm³/mol. The van der Waals surface area contributed by atoms with Crippen LogP contribution in [0.3, 0.4) is 0 Å². The van der Waals surface area contributed by atoms with Crippen molar-refractivity contribution in [1.82, 2.24) is 9.55 Å². The second kappa shape index (κ2) is 8.66. The highest BCUT2D eigenvalue weighted by atomic mass is 32.2. The number of aromatic nitrogens is 2. The summed E-state index contributed by atoms with van der Waals surface area (Å²) >= 11 is 1.34. The monoisotopic (exact) mass is 339 g/mol. The molecule has 2 rings (SSSR count). The minimum atomic E-state index is -0.426. The van der Waals surface area contributed by atoms with Crippen molar-refractivity contribution in [3.63, 3.8) is 0 Å². The van der Waals surface area contributed by atoms with Crippen molar-refractivity contribution in [2.45, 2.75) is 10.1 Å². The molecule has 0 atom stereocenters. The number of hydrogen-bond donors (Lipinski definition) is 1. The number of aryl methyl sites for hydroxylation is 1. The maximum absolute atomic E-state index is 13.5. The summed E-state index contributed by atoms with van der Waals surface area (Å²) < 4.78 is 25.3. The fourth-order valence-corrected chi connectivity index (χ4v) is 2.60. The van der Waals surface area contributed by atoms with Crippen LogP contribution in [-0.4, -0.2) is 42.4 Å². The maximum Gasteiger partial charge on any atom is 0.250 e. The fourth-order valence-electron chi connectivity index (χ4n) is 1.73. The van der Waals surface area contributed by atoms with Gasteiger partial charge in [0, 0.05) is 31.4 Å². The molecule has 124 valence electrons. The molecule has 0 saturated heterocycles. The van der Waals surface area contributed by atoms with E-state index in [-0.39, 0.29) is 12.5 Å². The number of nitrogens with zero attached hydrogens (tertiary/aromatic N) is 2. The van der Waals surface area contributed by atoms with E-state index in [2.05, 4.69) is 10.3 Å². The van der Waals surface area contributed by atoms with Crippen LogP contribution in [0.4, 0.5) is 10.1 Å². The molecule has 1 aromatic heterocycles. The number of nitrogens with one attached hydrogen (secondary N) is 1. The highest BCUT2D eigenvalue weighted by Gasteiger charge is 2.12. The van der Waals surface area contributed by atoms with E-state index in [0.717, 1.165) is 5.16 Å². The van der Waals surface area contributed by atoms with Crippen molar-refractivity contribution in [3.8, 4) is 0 Å². The molecule has 6 nitrogen and oxygen atoms in total. The third kappa shape index (κ3) is 5.34. The molecule has 0 unspecified atom stereocenters. The predicted octanol–water partition coefficient (Wildman–Crippen LogP) is 2.31. The SMILES string of the molecule is COCCOCC(=O)Nc1cc(F)ccc1Sc1nccn1C. The Morgan fingerprint density at radius 3 is 2.96 bits per heavy atom. The smallest absolute Gasteiger partial charge is 0.250 e. The number of imidazole rings is 1. The summed E-state index contributed by atoms with van der Waals surface area (Å²) in [5, 5.41) is 3.40. The Labute approximate surface area is 138 Å². The van der Waals surface area contributed by atoms with Crippen LogP contribution in [0, 0.1) is 5.82 Å². The molecule has 0 radical (unpaired) electrons. The van der Waals surface area contributed by atoms with E-state index in [1.165, 1.54) is 23.9 Å². The van der Waals surface area contributed by atoms with Gasteiger partial charge in [0.25, 0.3) is 0 Å². The Bertz CT molecular complexity index is 663. The van der Waals surface area contributed by atoms with Crippen LogP contribution in [0.5, 0.6) is 0 Å². The largest absolute Gasteiger partial charge is 0.382 e. The second-order valence-corrected chi connectivity index (χ2v) is 5.67. The lowest BCUT2D eigenvalue weighted by Crippen LogP contribution is -2.20. The molecule has 0 aliphatic rings. The summed E-state index contributed by atoms with van der Waals surface area (Å²) in [4.78, 5) is 16.8. The summed E-state index contributed by atoms with van der Waals surface area (Å²) in [6, 6.07) is 4.23. The average molecular weight is 339 g/mol. The van der Waals surface area contributed by atoms with Crippen molar-refractivity contribution in [2.24, 2.45) is 7.05 Å². The third-order valence-electron chi connectivity index (χ3n) is 2.86. The van der Waals surface area contributed by atoms with Crippen LogP contribution in [0.2, 0.25) is 0 Å². The van der Waals surface area contributed by atoms with Crippen molar-refractivity contribution < 1.29 is 18.7 Å². The number of methoxy groups -OCH3 is 1. The van der Waals surface area contributed by atoms with Crippen molar-refractivity contribution >= 4 is 23.4 Å². The number of ether oxygens (including phenoxy) is 2. The normalized spacial score (nSPS) is 10.7. The molecule has 23 heavy (non-hydrogen) atoms. The zero-order chi connectivity index (χ0) is 16.7. The third-order valence-corrected chi connectivity index (χ3v) is 4.01. The van der Waals surface area contributed by atoms with Gasteiger partial charge in [-0.05, 0) is 30.0 Å². The van der Waals surface area contributed by atoms with Gasteiger partial charge in [0.2, 0.25) is 5.91 Å². The lowest BCUT2D eigenvalue weighted by atomic mass is 10.3. The van der Waals surface area contributed by atoms with E-state index in [0.29, 0.717) is 23.8 Å². The summed E-state index contributed by atoms with van der Waals surface area (Å²) in [6.07, 6.45) is 3.49. The number of halogens is 1. The molecule has 1 aromatic carbocycles. The first-order valence-electron chi connectivity index (χ1n) is 6.91. The van der Waals surface area contributed by atoms with Gasteiger partial charge in [-0.2, -0.15) is 0 Å². The van der Waals surface area contributed by atoms with Gasteiger partial charge in [0.05, 0.1) is 18.9 Å². The van der Waals surface area contributed by atoms with E-state index in [1.807, 2.05) is 17.8 Å². The summed E-state index contributed by atoms with van der Waals surface area (Å²) in [5.41, 5.74) is 0.387. The van der Waals surface area contributed by atoms with Crippen LogP contribution in [0.25, 0.3) is 0 Å². The summed E-state index contributed by atoms with van der Waals surface area (Å²) in [6.45, 7) is 0.613. The highest BCUT2D eigenvalue weighted by Crippen LogP contribution is 2.32. The van der Waals surface area contributed by atoms with E-state index < -0.39 is 5.82 Å². The molecule has 0 aliphatic heterocycles. The number of rotatable bonds is 8. The van der Waals surface area contributed by atoms with Gasteiger partial charge >= 0.3 is 0 Å². The maximum atomic E-state index is 13.5. The van der Waals surface area contributed by atoms with Crippen molar-refractivity contribution in [2.75, 3.05) is 32.2 Å². The number of amides is 1. The van der Waals surface area contributed by atoms with Gasteiger partial charge in [-0.15, -0.1) is 0 Å². The molecule has 1 heterocycles. The number of hydrogen-bond acceptors (Lipinski definition) is 5. The Hall–Kier alpha value is -1.90. The first kappa shape index (κ1) is 17.5. The van der Waals surface area contributed by atoms with E-state index >= 15 is 0 Å². The topological polar surface area (TPSA) is 65.4 Å². The minimum absolute atomic E-state index is 0.119. The van der Waals surface area contributed by atoms with Gasteiger partial charge in [0.15, 0.2) is 5.16 Å². The molecule has 0 fully saturated rings. The molecule has 0 spiro atoms. The van der Waals surface area contributed by atoms with Crippen molar-refractivity contribution in [3.05, 3.63) is 36.4 Å². The number of carbonyl (C=O) groups is 1. The lowest BCUT2D eigenvalue weighted by Gasteiger charge is -2.11. The Morgan fingerprint density at radius 2 is 2.26 bits per heavy atom. The molecule has 0 saturated carbocycles. The van der Waals surface area contributed by atoms with Crippen LogP contribution >= 0.6 is 11.8 Å². The molecular weight excluding hydrogens is 321 g/mol. The number of benzene rings is 1. The van der Waals surface area contributed by atoms with E-state index in [9.17, 15) is 9.18 Å². The molecule has 8 heteroatoms. The van der Waals surface area contributed by atoms with Crippen LogP contribution < -0.4 is 5.32 Å². The second-order valence-electron chi connectivity index (χ2n) is 4.66. The van der Waals surface area contributed by atoms with E-state index in [4.69, 9.17) is 9.47 Å². The van der Waals surface area contributed by atoms with Gasteiger partial charge < -0.3 is 19.4 Å². The Kier molecular flexibility index (Phi) is 6.57. The quantitative estimate of drug-likeness (QED) is 0.748. The average Bonchev–Trinajstić information content (AvgIpc) is 2.92. The molecule has 2 aromatic rings. The highest BCUT2D eigenvalue weighted by molar-refractivity contribution is 7.99. The van der Waals surface area contributed by atoms with Gasteiger partial charge in [-0.25, -0.2) is 9.37 Å². The molecule has 0 bridgehead atoms. The summed E-state index contributed by atoms with van der Waals surface area (Å²) in [7, 11) is 3.41. The molecule has 1 N–H and O–H groups in total. The Balaban J connectivity index is 2.03. The summed E-state index contributed by atoms with van der Waals surface area (Å²) in [5.74, 6) is -0.779. The van der Waals surface area contributed by atoms with E-state index in [1.54, 1.807) is 19.4 Å². The van der Waals surface area contributed by atoms with Gasteiger partial charge in [-0.3, -0.25) is 4.79 Å². The Morgan fingerprint density at radius 1 is 1.43 bits per heavy atom. The molecule has 0 aliphatic carbocycles. The van der Waals surface area contributed by atoms with Gasteiger partial charge in [-0.1, -0.05) is 0 Å². The van der Waals surface area contributed by atoms with Crippen molar-refractivity contribution in [1.29, 1.82) is 0 Å². The zero-order valence-corrected chi connectivity index (χ0v) is 13.7. The van der Waals surface area contributed by atoms with Gasteiger partial charge in [0.1, 0.15) is 12.4 Å². The minimum Gasteiger partial charge on any atom is -0.382 e. The van der Waals surface area contributed by atoms with Crippen LogP contribution in [0.15, 0.2) is 40.6 Å².